The summed E-state index contributed by atoms with van der Waals surface area (Å²) in [5, 5.41) is 18.9. The predicted molar refractivity (Wildman–Crippen MR) is 119 cm³/mol. The van der Waals surface area contributed by atoms with E-state index in [-0.39, 0.29) is 36.1 Å². The van der Waals surface area contributed by atoms with E-state index in [2.05, 4.69) is 16.0 Å². The molecule has 7 nitrogen and oxygen atoms in total. The second-order valence-corrected chi connectivity index (χ2v) is 9.14. The van der Waals surface area contributed by atoms with Crippen LogP contribution in [0.4, 0.5) is 0 Å². The molecule has 2 aliphatic rings. The molecular weight excluding hydrogens is 418 g/mol. The highest BCUT2D eigenvalue weighted by atomic mass is 35.5. The van der Waals surface area contributed by atoms with Crippen molar-refractivity contribution in [3.8, 4) is 0 Å². The highest BCUT2D eigenvalue weighted by molar-refractivity contribution is 6.30. The van der Waals surface area contributed by atoms with Gasteiger partial charge in [-0.25, -0.2) is 0 Å². The number of amides is 2. The first-order chi connectivity index (χ1) is 14.9. The van der Waals surface area contributed by atoms with Gasteiger partial charge in [-0.05, 0) is 68.7 Å². The number of benzene rings is 1. The number of aliphatic carboxylic acids is 1. The van der Waals surface area contributed by atoms with Crippen LogP contribution in [-0.4, -0.2) is 48.6 Å². The second kappa shape index (κ2) is 11.5. The molecule has 170 valence electrons. The van der Waals surface area contributed by atoms with Crippen molar-refractivity contribution < 1.29 is 19.5 Å². The van der Waals surface area contributed by atoms with Gasteiger partial charge < -0.3 is 21.1 Å². The van der Waals surface area contributed by atoms with Gasteiger partial charge in [-0.2, -0.15) is 0 Å². The van der Waals surface area contributed by atoms with E-state index >= 15 is 0 Å². The van der Waals surface area contributed by atoms with E-state index in [0.717, 1.165) is 37.8 Å². The number of hydrogen-bond donors (Lipinski definition) is 4. The highest BCUT2D eigenvalue weighted by Crippen LogP contribution is 2.28. The number of carbonyl (C=O) groups is 3. The third-order valence-electron chi connectivity index (χ3n) is 6.46. The smallest absolute Gasteiger partial charge is 0.306 e. The third kappa shape index (κ3) is 7.21. The van der Waals surface area contributed by atoms with E-state index < -0.39 is 5.97 Å². The average molecular weight is 450 g/mol. The number of carbonyl (C=O) groups excluding carboxylic acids is 2. The van der Waals surface area contributed by atoms with Crippen LogP contribution in [0, 0.1) is 11.8 Å². The summed E-state index contributed by atoms with van der Waals surface area (Å²) in [7, 11) is 0. The van der Waals surface area contributed by atoms with Gasteiger partial charge >= 0.3 is 5.97 Å². The van der Waals surface area contributed by atoms with Gasteiger partial charge in [-0.3, -0.25) is 14.4 Å². The molecule has 0 bridgehead atoms. The van der Waals surface area contributed by atoms with Gasteiger partial charge in [0.1, 0.15) is 0 Å². The lowest BCUT2D eigenvalue weighted by Gasteiger charge is -2.26. The number of nitrogens with one attached hydrogen (secondary N) is 3. The lowest BCUT2D eigenvalue weighted by molar-refractivity contribution is -0.143. The normalized spacial score (nSPS) is 24.4. The van der Waals surface area contributed by atoms with E-state index in [0.29, 0.717) is 36.9 Å². The standard InChI is InChI=1S/C23H32ClN3O4/c24-19-9-7-16(8-10-19)18(14-27-22(29)20-2-1-11-25-20)12-21(28)26-13-15-3-5-17(6-4-15)23(30)31/h7-10,15,17-18,20,25H,1-6,11-14H2,(H,26,28)(H,27,29)(H,30,31)/t15?,17?,18?,20-/m0/s1. The summed E-state index contributed by atoms with van der Waals surface area (Å²) in [4.78, 5) is 36.1. The highest BCUT2D eigenvalue weighted by Gasteiger charge is 2.27. The Hall–Kier alpha value is -2.12. The maximum Gasteiger partial charge on any atom is 0.306 e. The van der Waals surface area contributed by atoms with Crippen molar-refractivity contribution in [2.24, 2.45) is 11.8 Å². The summed E-state index contributed by atoms with van der Waals surface area (Å²) in [5.41, 5.74) is 0.959. The zero-order valence-electron chi connectivity index (χ0n) is 17.7. The second-order valence-electron chi connectivity index (χ2n) is 8.71. The predicted octanol–water partition coefficient (Wildman–Crippen LogP) is 2.69. The largest absolute Gasteiger partial charge is 0.481 e. The van der Waals surface area contributed by atoms with Crippen molar-refractivity contribution in [1.82, 2.24) is 16.0 Å². The van der Waals surface area contributed by atoms with E-state index in [1.807, 2.05) is 12.1 Å². The van der Waals surface area contributed by atoms with Gasteiger partial charge in [0.15, 0.2) is 0 Å². The topological polar surface area (TPSA) is 108 Å². The summed E-state index contributed by atoms with van der Waals surface area (Å²) >= 11 is 6.01. The molecule has 3 rings (SSSR count). The number of halogens is 1. The van der Waals surface area contributed by atoms with Gasteiger partial charge in [0.25, 0.3) is 0 Å². The molecule has 1 heterocycles. The minimum absolute atomic E-state index is 0.0212. The quantitative estimate of drug-likeness (QED) is 0.463. The van der Waals surface area contributed by atoms with Gasteiger partial charge in [0, 0.05) is 30.5 Å². The minimum Gasteiger partial charge on any atom is -0.481 e. The fourth-order valence-electron chi connectivity index (χ4n) is 4.47. The maximum absolute atomic E-state index is 12.7. The average Bonchev–Trinajstić information content (AvgIpc) is 3.31. The minimum atomic E-state index is -0.719. The van der Waals surface area contributed by atoms with Crippen molar-refractivity contribution in [1.29, 1.82) is 0 Å². The zero-order valence-corrected chi connectivity index (χ0v) is 18.5. The van der Waals surface area contributed by atoms with Crippen LogP contribution in [0.1, 0.15) is 56.4 Å². The first-order valence-electron chi connectivity index (χ1n) is 11.2. The summed E-state index contributed by atoms with van der Waals surface area (Å²) < 4.78 is 0. The van der Waals surface area contributed by atoms with Crippen LogP contribution in [0.3, 0.4) is 0 Å². The van der Waals surface area contributed by atoms with Crippen LogP contribution in [-0.2, 0) is 14.4 Å². The number of hydrogen-bond acceptors (Lipinski definition) is 4. The fraction of sp³-hybridized carbons (Fsp3) is 0.609. The lowest BCUT2D eigenvalue weighted by atomic mass is 9.82. The van der Waals surface area contributed by atoms with Gasteiger partial charge in [-0.15, -0.1) is 0 Å². The van der Waals surface area contributed by atoms with Gasteiger partial charge in [-0.1, -0.05) is 23.7 Å². The third-order valence-corrected chi connectivity index (χ3v) is 6.71. The maximum atomic E-state index is 12.7. The molecular formula is C23H32ClN3O4. The molecule has 1 unspecified atom stereocenters. The summed E-state index contributed by atoms with van der Waals surface area (Å²) in [6.07, 6.45) is 5.08. The zero-order chi connectivity index (χ0) is 22.2. The Morgan fingerprint density at radius 1 is 1.06 bits per heavy atom. The Bertz CT molecular complexity index is 757. The molecule has 2 atom stereocenters. The molecule has 2 fully saturated rings. The van der Waals surface area contributed by atoms with Crippen LogP contribution in [0.25, 0.3) is 0 Å². The van der Waals surface area contributed by atoms with Crippen LogP contribution in [0.2, 0.25) is 5.02 Å². The van der Waals surface area contributed by atoms with Crippen LogP contribution >= 0.6 is 11.6 Å². The molecule has 1 aromatic carbocycles. The summed E-state index contributed by atoms with van der Waals surface area (Å²) in [6, 6.07) is 7.23. The Labute approximate surface area is 188 Å². The molecule has 0 spiro atoms. The first-order valence-corrected chi connectivity index (χ1v) is 11.6. The molecule has 0 radical (unpaired) electrons. The molecule has 1 saturated heterocycles. The molecule has 1 saturated carbocycles. The fourth-order valence-corrected chi connectivity index (χ4v) is 4.59. The van der Waals surface area contributed by atoms with Crippen molar-refractivity contribution in [3.05, 3.63) is 34.9 Å². The number of carboxylic acid groups (broad SMARTS) is 1. The molecule has 8 heteroatoms. The van der Waals surface area contributed by atoms with E-state index in [1.165, 1.54) is 0 Å². The Morgan fingerprint density at radius 3 is 2.39 bits per heavy atom. The molecule has 4 N–H and O–H groups in total. The first kappa shape index (κ1) is 23.5. The summed E-state index contributed by atoms with van der Waals surface area (Å²) in [6.45, 7) is 1.81. The van der Waals surface area contributed by atoms with Crippen LogP contribution in [0.5, 0.6) is 0 Å². The van der Waals surface area contributed by atoms with Crippen molar-refractivity contribution in [2.45, 2.75) is 56.9 Å². The number of carboxylic acids is 1. The SMILES string of the molecule is O=C(CC(CNC(=O)[C@@H]1CCCN1)c1ccc(Cl)cc1)NCC1CCC(C(=O)O)CC1. The van der Waals surface area contributed by atoms with E-state index in [1.54, 1.807) is 12.1 Å². The Balaban J connectivity index is 1.51. The number of rotatable bonds is 9. The van der Waals surface area contributed by atoms with Gasteiger partial charge in [0.2, 0.25) is 11.8 Å². The van der Waals surface area contributed by atoms with Crippen molar-refractivity contribution in [2.75, 3.05) is 19.6 Å². The van der Waals surface area contributed by atoms with Crippen LogP contribution in [0.15, 0.2) is 24.3 Å². The molecule has 1 aromatic rings. The van der Waals surface area contributed by atoms with Crippen LogP contribution < -0.4 is 16.0 Å². The molecule has 0 aromatic heterocycles. The van der Waals surface area contributed by atoms with Crippen molar-refractivity contribution >= 4 is 29.4 Å². The van der Waals surface area contributed by atoms with Crippen molar-refractivity contribution in [3.63, 3.8) is 0 Å². The van der Waals surface area contributed by atoms with E-state index in [9.17, 15) is 14.4 Å². The molecule has 1 aliphatic carbocycles. The Kier molecular flexibility index (Phi) is 8.72. The molecule has 2 amide bonds. The summed E-state index contributed by atoms with van der Waals surface area (Å²) in [5.74, 6) is -0.880. The Morgan fingerprint density at radius 2 is 1.77 bits per heavy atom. The monoisotopic (exact) mass is 449 g/mol. The van der Waals surface area contributed by atoms with E-state index in [4.69, 9.17) is 16.7 Å². The van der Waals surface area contributed by atoms with Gasteiger partial charge in [0.05, 0.1) is 12.0 Å². The molecule has 31 heavy (non-hydrogen) atoms. The molecule has 1 aliphatic heterocycles. The lowest BCUT2D eigenvalue weighted by Crippen LogP contribution is -2.42.